The van der Waals surface area contributed by atoms with Crippen molar-refractivity contribution in [1.29, 1.82) is 5.26 Å². The van der Waals surface area contributed by atoms with E-state index < -0.39 is 0 Å². The first-order valence-corrected chi connectivity index (χ1v) is 4.16. The lowest BCUT2D eigenvalue weighted by Crippen LogP contribution is -1.85. The zero-order valence-electron chi connectivity index (χ0n) is 6.71. The van der Waals surface area contributed by atoms with Gasteiger partial charge < -0.3 is 0 Å². The molecule has 0 heterocycles. The molecule has 0 atom stereocenters. The largest absolute Gasteiger partial charge is 0.198 e. The highest BCUT2D eigenvalue weighted by Gasteiger charge is 1.96. The quantitative estimate of drug-likeness (QED) is 0.551. The van der Waals surface area contributed by atoms with Crippen molar-refractivity contribution in [3.05, 3.63) is 23.8 Å². The topological polar surface area (TPSA) is 23.8 Å². The van der Waals surface area contributed by atoms with E-state index in [4.69, 9.17) is 5.26 Å². The number of nitrogens with zero attached hydrogens (tertiary/aromatic N) is 1. The molecule has 0 bridgehead atoms. The van der Waals surface area contributed by atoms with Gasteiger partial charge in [-0.2, -0.15) is 5.26 Å². The number of hydrogen-bond donors (Lipinski definition) is 0. The summed E-state index contributed by atoms with van der Waals surface area (Å²) in [5, 5.41) is 8.30. The molecule has 0 spiro atoms. The summed E-state index contributed by atoms with van der Waals surface area (Å²) in [4.78, 5) is 0. The Morgan fingerprint density at radius 3 is 3.18 bits per heavy atom. The highest BCUT2D eigenvalue weighted by molar-refractivity contribution is 5.21. The smallest absolute Gasteiger partial charge is 0.0625 e. The number of allylic oxidation sites excluding steroid dienone is 4. The molecule has 0 aromatic heterocycles. The predicted octanol–water partition coefficient (Wildman–Crippen LogP) is 2.96. The van der Waals surface area contributed by atoms with Crippen LogP contribution in [0.15, 0.2) is 23.8 Å². The van der Waals surface area contributed by atoms with Crippen LogP contribution in [0.5, 0.6) is 0 Å². The first kappa shape index (κ1) is 8.07. The molecular weight excluding hydrogens is 134 g/mol. The zero-order chi connectivity index (χ0) is 7.94. The molecule has 0 aromatic rings. The molecule has 0 saturated heterocycles. The summed E-state index contributed by atoms with van der Waals surface area (Å²) in [7, 11) is 0. The van der Waals surface area contributed by atoms with Crippen molar-refractivity contribution in [2.45, 2.75) is 32.1 Å². The minimum Gasteiger partial charge on any atom is -0.198 e. The molecule has 0 aliphatic heterocycles. The van der Waals surface area contributed by atoms with Gasteiger partial charge in [-0.1, -0.05) is 23.8 Å². The van der Waals surface area contributed by atoms with Gasteiger partial charge in [0.15, 0.2) is 0 Å². The van der Waals surface area contributed by atoms with Crippen LogP contribution in [0.3, 0.4) is 0 Å². The molecule has 58 valence electrons. The van der Waals surface area contributed by atoms with E-state index in [0.29, 0.717) is 6.42 Å². The van der Waals surface area contributed by atoms with E-state index in [0.717, 1.165) is 6.42 Å². The fourth-order valence-electron chi connectivity index (χ4n) is 1.23. The lowest BCUT2D eigenvalue weighted by Gasteiger charge is -2.05. The number of rotatable bonds is 2. The van der Waals surface area contributed by atoms with Crippen molar-refractivity contribution < 1.29 is 0 Å². The Morgan fingerprint density at radius 1 is 1.64 bits per heavy atom. The highest BCUT2D eigenvalue weighted by Crippen LogP contribution is 2.16. The summed E-state index contributed by atoms with van der Waals surface area (Å²) in [5.41, 5.74) is 1.41. The molecule has 1 rings (SSSR count). The summed E-state index contributed by atoms with van der Waals surface area (Å²) in [6.07, 6.45) is 11.8. The molecule has 0 aromatic carbocycles. The molecule has 0 N–H and O–H groups in total. The van der Waals surface area contributed by atoms with Crippen molar-refractivity contribution in [2.75, 3.05) is 0 Å². The molecule has 1 heteroatoms. The predicted molar refractivity (Wildman–Crippen MR) is 45.9 cm³/mol. The molecule has 0 saturated carbocycles. The third-order valence-corrected chi connectivity index (χ3v) is 1.83. The average molecular weight is 147 g/mol. The van der Waals surface area contributed by atoms with Crippen molar-refractivity contribution in [3.63, 3.8) is 0 Å². The standard InChI is InChI=1S/C10H13N/c11-9-5-4-8-10-6-2-1-3-7-10/h2,6,8H,1,3-5,7H2/b10-8-. The molecule has 0 radical (unpaired) electrons. The van der Waals surface area contributed by atoms with Crippen LogP contribution in [-0.4, -0.2) is 0 Å². The summed E-state index contributed by atoms with van der Waals surface area (Å²) in [5.74, 6) is 0. The van der Waals surface area contributed by atoms with Crippen molar-refractivity contribution in [3.8, 4) is 6.07 Å². The Kier molecular flexibility index (Phi) is 3.47. The SMILES string of the molecule is N#CCC/C=C1/C=CCCC1. The van der Waals surface area contributed by atoms with Gasteiger partial charge in [-0.15, -0.1) is 0 Å². The number of unbranched alkanes of at least 4 members (excludes halogenated alkanes) is 1. The van der Waals surface area contributed by atoms with E-state index in [1.54, 1.807) is 0 Å². The van der Waals surface area contributed by atoms with Crippen molar-refractivity contribution in [2.24, 2.45) is 0 Å². The van der Waals surface area contributed by atoms with Gasteiger partial charge in [0.2, 0.25) is 0 Å². The van der Waals surface area contributed by atoms with Crippen LogP contribution in [0.4, 0.5) is 0 Å². The lowest BCUT2D eigenvalue weighted by molar-refractivity contribution is 0.814. The minimum atomic E-state index is 0.650. The van der Waals surface area contributed by atoms with E-state index in [-0.39, 0.29) is 0 Å². The number of nitriles is 1. The second-order valence-electron chi connectivity index (χ2n) is 2.77. The molecular formula is C10H13N. The maximum Gasteiger partial charge on any atom is 0.0625 e. The van der Waals surface area contributed by atoms with Gasteiger partial charge in [0, 0.05) is 6.42 Å². The fraction of sp³-hybridized carbons (Fsp3) is 0.500. The molecule has 1 aliphatic carbocycles. The maximum absolute atomic E-state index is 8.30. The van der Waals surface area contributed by atoms with Gasteiger partial charge in [-0.05, 0) is 25.7 Å². The second kappa shape index (κ2) is 4.73. The van der Waals surface area contributed by atoms with Crippen LogP contribution in [0.2, 0.25) is 0 Å². The van der Waals surface area contributed by atoms with E-state index >= 15 is 0 Å². The van der Waals surface area contributed by atoms with Crippen LogP contribution < -0.4 is 0 Å². The number of hydrogen-bond acceptors (Lipinski definition) is 1. The van der Waals surface area contributed by atoms with Gasteiger partial charge in [0.1, 0.15) is 0 Å². The molecule has 0 fully saturated rings. The Bertz CT molecular complexity index is 205. The van der Waals surface area contributed by atoms with Crippen LogP contribution >= 0.6 is 0 Å². The first-order chi connectivity index (χ1) is 5.43. The van der Waals surface area contributed by atoms with Crippen LogP contribution in [0.25, 0.3) is 0 Å². The summed E-state index contributed by atoms with van der Waals surface area (Å²) in [6.45, 7) is 0. The fourth-order valence-corrected chi connectivity index (χ4v) is 1.23. The summed E-state index contributed by atoms with van der Waals surface area (Å²) in [6, 6.07) is 2.14. The third-order valence-electron chi connectivity index (χ3n) is 1.83. The first-order valence-electron chi connectivity index (χ1n) is 4.16. The van der Waals surface area contributed by atoms with Gasteiger partial charge in [0.25, 0.3) is 0 Å². The van der Waals surface area contributed by atoms with Crippen LogP contribution in [0.1, 0.15) is 32.1 Å². The maximum atomic E-state index is 8.30. The Balaban J connectivity index is 2.34. The van der Waals surface area contributed by atoms with Gasteiger partial charge in [-0.25, -0.2) is 0 Å². The minimum absolute atomic E-state index is 0.650. The molecule has 11 heavy (non-hydrogen) atoms. The van der Waals surface area contributed by atoms with E-state index in [1.807, 2.05) is 0 Å². The molecule has 1 nitrogen and oxygen atoms in total. The second-order valence-corrected chi connectivity index (χ2v) is 2.77. The normalized spacial score (nSPS) is 20.1. The van der Waals surface area contributed by atoms with Gasteiger partial charge in [0.05, 0.1) is 6.07 Å². The molecule has 0 amide bonds. The third kappa shape index (κ3) is 3.04. The molecule has 0 unspecified atom stereocenters. The van der Waals surface area contributed by atoms with Crippen molar-refractivity contribution in [1.82, 2.24) is 0 Å². The van der Waals surface area contributed by atoms with E-state index in [9.17, 15) is 0 Å². The van der Waals surface area contributed by atoms with Crippen molar-refractivity contribution >= 4 is 0 Å². The Hall–Kier alpha value is -1.03. The van der Waals surface area contributed by atoms with Gasteiger partial charge in [-0.3, -0.25) is 0 Å². The molecule has 1 aliphatic rings. The summed E-state index contributed by atoms with van der Waals surface area (Å²) < 4.78 is 0. The van der Waals surface area contributed by atoms with Crippen LogP contribution in [0, 0.1) is 11.3 Å². The highest BCUT2D eigenvalue weighted by atomic mass is 14.2. The van der Waals surface area contributed by atoms with Gasteiger partial charge >= 0.3 is 0 Å². The average Bonchev–Trinajstić information content (AvgIpc) is 2.07. The lowest BCUT2D eigenvalue weighted by atomic mass is 10.0. The van der Waals surface area contributed by atoms with E-state index in [1.165, 1.54) is 24.8 Å². The Morgan fingerprint density at radius 2 is 2.55 bits per heavy atom. The van der Waals surface area contributed by atoms with E-state index in [2.05, 4.69) is 24.3 Å². The summed E-state index contributed by atoms with van der Waals surface area (Å²) >= 11 is 0. The zero-order valence-corrected chi connectivity index (χ0v) is 6.71. The monoisotopic (exact) mass is 147 g/mol. The Labute approximate surface area is 68.0 Å². The van der Waals surface area contributed by atoms with Crippen LogP contribution in [-0.2, 0) is 0 Å².